The molecule has 1 N–H and O–H groups in total. The highest BCUT2D eigenvalue weighted by molar-refractivity contribution is 7.13. The predicted molar refractivity (Wildman–Crippen MR) is 69.2 cm³/mol. The molecule has 0 spiro atoms. The van der Waals surface area contributed by atoms with Gasteiger partial charge in [-0.15, -0.1) is 11.3 Å². The number of hydrogen-bond donors (Lipinski definition) is 1. The molecule has 0 aliphatic heterocycles. The number of nitrogens with zero attached hydrogens (tertiary/aromatic N) is 2. The standard InChI is InChI=1S/C12H15N3OS/c1-7(2)4-9-5-10(16)15-11(14-9)12-13-8(3)6-17-12/h5-7H,4H2,1-3H3,(H,14,15,16). The summed E-state index contributed by atoms with van der Waals surface area (Å²) < 4.78 is 0. The summed E-state index contributed by atoms with van der Waals surface area (Å²) in [6, 6.07) is 1.56. The summed E-state index contributed by atoms with van der Waals surface area (Å²) in [6.45, 7) is 6.14. The summed E-state index contributed by atoms with van der Waals surface area (Å²) >= 11 is 1.50. The molecule has 0 atom stereocenters. The lowest BCUT2D eigenvalue weighted by atomic mass is 10.1. The number of hydrogen-bond acceptors (Lipinski definition) is 4. The Morgan fingerprint density at radius 1 is 1.41 bits per heavy atom. The molecule has 4 nitrogen and oxygen atoms in total. The minimum atomic E-state index is -0.112. The van der Waals surface area contributed by atoms with E-state index < -0.39 is 0 Å². The van der Waals surface area contributed by atoms with Crippen LogP contribution in [0.25, 0.3) is 10.8 Å². The summed E-state index contributed by atoms with van der Waals surface area (Å²) in [5.41, 5.74) is 1.66. The van der Waals surface area contributed by atoms with Crippen LogP contribution >= 0.6 is 11.3 Å². The second-order valence-electron chi connectivity index (χ2n) is 4.48. The number of nitrogens with one attached hydrogen (secondary N) is 1. The number of thiazole rings is 1. The Labute approximate surface area is 104 Å². The summed E-state index contributed by atoms with van der Waals surface area (Å²) in [7, 11) is 0. The highest BCUT2D eigenvalue weighted by Gasteiger charge is 2.08. The lowest BCUT2D eigenvalue weighted by Crippen LogP contribution is -2.11. The molecule has 2 rings (SSSR count). The Morgan fingerprint density at radius 3 is 2.76 bits per heavy atom. The Balaban J connectivity index is 2.41. The topological polar surface area (TPSA) is 58.6 Å². The zero-order valence-corrected chi connectivity index (χ0v) is 11.0. The van der Waals surface area contributed by atoms with E-state index in [2.05, 4.69) is 28.8 Å². The first-order chi connectivity index (χ1) is 8.04. The number of rotatable bonds is 3. The van der Waals surface area contributed by atoms with Crippen molar-refractivity contribution in [2.24, 2.45) is 5.92 Å². The van der Waals surface area contributed by atoms with Gasteiger partial charge >= 0.3 is 0 Å². The summed E-state index contributed by atoms with van der Waals surface area (Å²) in [4.78, 5) is 23.1. The maximum atomic E-state index is 11.6. The van der Waals surface area contributed by atoms with Crippen molar-refractivity contribution in [1.29, 1.82) is 0 Å². The molecule has 0 aliphatic carbocycles. The van der Waals surface area contributed by atoms with Crippen LogP contribution in [0.1, 0.15) is 25.2 Å². The van der Waals surface area contributed by atoms with Crippen molar-refractivity contribution >= 4 is 11.3 Å². The molecule has 0 fully saturated rings. The molecule has 17 heavy (non-hydrogen) atoms. The van der Waals surface area contributed by atoms with Gasteiger partial charge in [0.25, 0.3) is 5.56 Å². The second kappa shape index (κ2) is 4.79. The van der Waals surface area contributed by atoms with Gasteiger partial charge in [-0.25, -0.2) is 9.97 Å². The molecule has 0 aliphatic rings. The largest absolute Gasteiger partial charge is 0.304 e. The van der Waals surface area contributed by atoms with E-state index in [1.807, 2.05) is 12.3 Å². The molecular formula is C12H15N3OS. The van der Waals surface area contributed by atoms with Crippen LogP contribution in [-0.4, -0.2) is 15.0 Å². The van der Waals surface area contributed by atoms with Crippen LogP contribution in [0.15, 0.2) is 16.2 Å². The van der Waals surface area contributed by atoms with Crippen LogP contribution in [-0.2, 0) is 6.42 Å². The van der Waals surface area contributed by atoms with Gasteiger partial charge in [-0.3, -0.25) is 4.79 Å². The highest BCUT2D eigenvalue weighted by atomic mass is 32.1. The van der Waals surface area contributed by atoms with Crippen molar-refractivity contribution in [3.05, 3.63) is 33.2 Å². The maximum absolute atomic E-state index is 11.6. The van der Waals surface area contributed by atoms with E-state index in [0.717, 1.165) is 22.8 Å². The number of aromatic amines is 1. The molecule has 0 saturated carbocycles. The predicted octanol–water partition coefficient (Wildman–Crippen LogP) is 2.40. The van der Waals surface area contributed by atoms with Gasteiger partial charge in [-0.05, 0) is 19.3 Å². The van der Waals surface area contributed by atoms with Gasteiger partial charge in [0.05, 0.1) is 0 Å². The molecule has 0 unspecified atom stereocenters. The average molecular weight is 249 g/mol. The van der Waals surface area contributed by atoms with Gasteiger partial charge in [0.1, 0.15) is 0 Å². The van der Waals surface area contributed by atoms with Crippen LogP contribution in [0.5, 0.6) is 0 Å². The Morgan fingerprint density at radius 2 is 2.18 bits per heavy atom. The smallest absolute Gasteiger partial charge is 0.251 e. The molecule has 2 aromatic heterocycles. The molecule has 0 bridgehead atoms. The Hall–Kier alpha value is -1.49. The van der Waals surface area contributed by atoms with E-state index in [-0.39, 0.29) is 5.56 Å². The lowest BCUT2D eigenvalue weighted by Gasteiger charge is -2.04. The van der Waals surface area contributed by atoms with Gasteiger partial charge in [-0.2, -0.15) is 0 Å². The van der Waals surface area contributed by atoms with Crippen LogP contribution in [0.4, 0.5) is 0 Å². The van der Waals surface area contributed by atoms with Gasteiger partial charge in [-0.1, -0.05) is 13.8 Å². The number of aromatic nitrogens is 3. The van der Waals surface area contributed by atoms with Crippen LogP contribution in [0.3, 0.4) is 0 Å². The number of H-pyrrole nitrogens is 1. The van der Waals surface area contributed by atoms with E-state index in [4.69, 9.17) is 0 Å². The molecule has 2 heterocycles. The summed E-state index contributed by atoms with van der Waals surface area (Å²) in [5.74, 6) is 1.06. The zero-order valence-electron chi connectivity index (χ0n) is 10.2. The van der Waals surface area contributed by atoms with Crippen molar-refractivity contribution in [2.75, 3.05) is 0 Å². The van der Waals surface area contributed by atoms with Crippen molar-refractivity contribution < 1.29 is 0 Å². The maximum Gasteiger partial charge on any atom is 0.251 e. The molecule has 0 radical (unpaired) electrons. The van der Waals surface area contributed by atoms with E-state index in [0.29, 0.717) is 11.7 Å². The normalized spacial score (nSPS) is 11.1. The van der Waals surface area contributed by atoms with E-state index in [9.17, 15) is 4.79 Å². The zero-order chi connectivity index (χ0) is 12.4. The van der Waals surface area contributed by atoms with Crippen molar-refractivity contribution in [3.8, 4) is 10.8 Å². The second-order valence-corrected chi connectivity index (χ2v) is 5.34. The molecule has 5 heteroatoms. The highest BCUT2D eigenvalue weighted by Crippen LogP contribution is 2.19. The van der Waals surface area contributed by atoms with Crippen molar-refractivity contribution in [2.45, 2.75) is 27.2 Å². The fraction of sp³-hybridized carbons (Fsp3) is 0.417. The van der Waals surface area contributed by atoms with E-state index in [1.54, 1.807) is 6.07 Å². The number of aryl methyl sites for hydroxylation is 1. The monoisotopic (exact) mass is 249 g/mol. The average Bonchev–Trinajstić information content (AvgIpc) is 2.62. The van der Waals surface area contributed by atoms with Gasteiger partial charge in [0.15, 0.2) is 10.8 Å². The van der Waals surface area contributed by atoms with Crippen molar-refractivity contribution in [1.82, 2.24) is 15.0 Å². The summed E-state index contributed by atoms with van der Waals surface area (Å²) in [5, 5.41) is 2.72. The lowest BCUT2D eigenvalue weighted by molar-refractivity contribution is 0.634. The minimum absolute atomic E-state index is 0.112. The van der Waals surface area contributed by atoms with Crippen LogP contribution in [0, 0.1) is 12.8 Å². The summed E-state index contributed by atoms with van der Waals surface area (Å²) in [6.07, 6.45) is 0.807. The quantitative estimate of drug-likeness (QED) is 0.908. The third-order valence-corrected chi connectivity index (χ3v) is 3.20. The minimum Gasteiger partial charge on any atom is -0.304 e. The Kier molecular flexibility index (Phi) is 3.38. The van der Waals surface area contributed by atoms with Crippen LogP contribution < -0.4 is 5.56 Å². The molecule has 2 aromatic rings. The van der Waals surface area contributed by atoms with Crippen LogP contribution in [0.2, 0.25) is 0 Å². The first-order valence-corrected chi connectivity index (χ1v) is 6.45. The Bertz CT molecular complexity index is 571. The van der Waals surface area contributed by atoms with E-state index >= 15 is 0 Å². The van der Waals surface area contributed by atoms with Gasteiger partial charge < -0.3 is 4.98 Å². The molecule has 0 amide bonds. The fourth-order valence-electron chi connectivity index (χ4n) is 1.59. The fourth-order valence-corrected chi connectivity index (χ4v) is 2.33. The molecule has 90 valence electrons. The SMILES string of the molecule is Cc1csc(-c2nc(CC(C)C)cc(=O)[nH]2)n1. The first-order valence-electron chi connectivity index (χ1n) is 5.57. The van der Waals surface area contributed by atoms with Gasteiger partial charge in [0, 0.05) is 22.8 Å². The molecule has 0 aromatic carbocycles. The van der Waals surface area contributed by atoms with E-state index in [1.165, 1.54) is 11.3 Å². The molecule has 0 saturated heterocycles. The van der Waals surface area contributed by atoms with Gasteiger partial charge in [0.2, 0.25) is 0 Å². The third kappa shape index (κ3) is 3.00. The molecular weight excluding hydrogens is 234 g/mol. The first kappa shape index (κ1) is 12.0. The third-order valence-electron chi connectivity index (χ3n) is 2.23. The van der Waals surface area contributed by atoms with Crippen molar-refractivity contribution in [3.63, 3.8) is 0 Å².